The molecule has 0 aliphatic rings. The molecule has 0 radical (unpaired) electrons. The smallest absolute Gasteiger partial charge is 0.233 e. The quantitative estimate of drug-likeness (QED) is 0.432. The number of rotatable bonds is 9. The average Bonchev–Trinajstić information content (AvgIpc) is 3.43. The maximum Gasteiger partial charge on any atom is 0.233 e. The van der Waals surface area contributed by atoms with Gasteiger partial charge < -0.3 is 10.6 Å². The molecule has 9 nitrogen and oxygen atoms in total. The molecule has 2 N–H and O–H groups in total. The molecule has 31 heavy (non-hydrogen) atoms. The van der Waals surface area contributed by atoms with Crippen LogP contribution >= 0.6 is 0 Å². The fraction of sp³-hybridized carbons (Fsp3) is 0.318. The number of nitrogens with one attached hydrogen (secondary N) is 2. The highest BCUT2D eigenvalue weighted by molar-refractivity contribution is 5.97. The summed E-state index contributed by atoms with van der Waals surface area (Å²) in [5.74, 6) is 1.38. The second-order valence-corrected chi connectivity index (χ2v) is 7.15. The number of imidazole rings is 1. The lowest BCUT2D eigenvalue weighted by Crippen LogP contribution is -2.14. The van der Waals surface area contributed by atoms with E-state index in [9.17, 15) is 4.79 Å². The molecule has 0 fully saturated rings. The van der Waals surface area contributed by atoms with E-state index in [4.69, 9.17) is 9.97 Å². The van der Waals surface area contributed by atoms with E-state index in [-0.39, 0.29) is 5.91 Å². The summed E-state index contributed by atoms with van der Waals surface area (Å²) < 4.78 is 3.71. The van der Waals surface area contributed by atoms with Crippen molar-refractivity contribution in [3.8, 4) is 5.95 Å². The predicted molar refractivity (Wildman–Crippen MR) is 120 cm³/mol. The summed E-state index contributed by atoms with van der Waals surface area (Å²) in [4.78, 5) is 26.2. The summed E-state index contributed by atoms with van der Waals surface area (Å²) in [7, 11) is 0. The summed E-state index contributed by atoms with van der Waals surface area (Å²) in [6.07, 6.45) is 5.63. The van der Waals surface area contributed by atoms with Crippen LogP contribution in [0.25, 0.3) is 17.1 Å². The topological polar surface area (TPSA) is 103 Å². The minimum atomic E-state index is -0.124. The highest BCUT2D eigenvalue weighted by Crippen LogP contribution is 2.25. The van der Waals surface area contributed by atoms with Gasteiger partial charge in [-0.05, 0) is 24.5 Å². The number of carbonyl (C=O) groups excluding carboxylic acids is 1. The molecule has 0 bridgehead atoms. The first-order valence-electron chi connectivity index (χ1n) is 10.6. The Morgan fingerprint density at radius 3 is 2.61 bits per heavy atom. The molecule has 0 spiro atoms. The van der Waals surface area contributed by atoms with Crippen molar-refractivity contribution < 1.29 is 4.79 Å². The summed E-state index contributed by atoms with van der Waals surface area (Å²) in [6.45, 7) is 5.29. The lowest BCUT2D eigenvalue weighted by atomic mass is 10.1. The third kappa shape index (κ3) is 4.55. The number of benzene rings is 1. The van der Waals surface area contributed by atoms with Crippen molar-refractivity contribution in [2.24, 2.45) is 0 Å². The molecule has 3 heterocycles. The van der Waals surface area contributed by atoms with Crippen LogP contribution in [-0.2, 0) is 17.8 Å². The van der Waals surface area contributed by atoms with Crippen LogP contribution in [-0.4, -0.2) is 41.8 Å². The van der Waals surface area contributed by atoms with Gasteiger partial charge in [0.2, 0.25) is 17.8 Å². The lowest BCUT2D eigenvalue weighted by molar-refractivity contribution is -0.115. The number of nitrogens with zero attached hydrogens (tertiary/aromatic N) is 6. The van der Waals surface area contributed by atoms with Crippen molar-refractivity contribution in [2.75, 3.05) is 17.2 Å². The van der Waals surface area contributed by atoms with Gasteiger partial charge in [0, 0.05) is 31.9 Å². The Morgan fingerprint density at radius 1 is 1.06 bits per heavy atom. The molecule has 0 unspecified atom stereocenters. The maximum atomic E-state index is 12.1. The van der Waals surface area contributed by atoms with Crippen molar-refractivity contribution in [1.29, 1.82) is 0 Å². The molecule has 0 aliphatic carbocycles. The lowest BCUT2D eigenvalue weighted by Gasteiger charge is -2.10. The maximum absolute atomic E-state index is 12.1. The minimum absolute atomic E-state index is 0.124. The van der Waals surface area contributed by atoms with Crippen molar-refractivity contribution in [1.82, 2.24) is 29.3 Å². The first-order valence-corrected chi connectivity index (χ1v) is 10.6. The van der Waals surface area contributed by atoms with Crippen LogP contribution < -0.4 is 10.6 Å². The number of aromatic nitrogens is 6. The fourth-order valence-electron chi connectivity index (χ4n) is 3.33. The van der Waals surface area contributed by atoms with E-state index < -0.39 is 0 Å². The van der Waals surface area contributed by atoms with Gasteiger partial charge in [0.1, 0.15) is 0 Å². The molecule has 0 saturated carbocycles. The molecule has 1 aromatic carbocycles. The summed E-state index contributed by atoms with van der Waals surface area (Å²) in [5.41, 5.74) is 2.44. The van der Waals surface area contributed by atoms with Gasteiger partial charge in [-0.2, -0.15) is 15.1 Å². The van der Waals surface area contributed by atoms with E-state index in [1.54, 1.807) is 17.8 Å². The average molecular weight is 419 g/mol. The van der Waals surface area contributed by atoms with Gasteiger partial charge in [0.25, 0.3) is 0 Å². The first kappa shape index (κ1) is 20.5. The van der Waals surface area contributed by atoms with Gasteiger partial charge in [0.15, 0.2) is 17.0 Å². The van der Waals surface area contributed by atoms with E-state index in [2.05, 4.69) is 39.8 Å². The minimum Gasteiger partial charge on any atom is -0.354 e. The largest absolute Gasteiger partial charge is 0.354 e. The molecule has 0 saturated heterocycles. The number of carbonyl (C=O) groups is 1. The van der Waals surface area contributed by atoms with Crippen molar-refractivity contribution in [3.05, 3.63) is 54.4 Å². The van der Waals surface area contributed by atoms with Crippen LogP contribution in [0, 0.1) is 0 Å². The summed E-state index contributed by atoms with van der Waals surface area (Å²) in [5, 5.41) is 10.5. The van der Waals surface area contributed by atoms with Crippen LogP contribution in [0.1, 0.15) is 32.3 Å². The van der Waals surface area contributed by atoms with E-state index >= 15 is 0 Å². The van der Waals surface area contributed by atoms with Crippen molar-refractivity contribution in [3.63, 3.8) is 0 Å². The number of hydrogen-bond donors (Lipinski definition) is 2. The molecule has 4 rings (SSSR count). The molecule has 3 aromatic heterocycles. The predicted octanol–water partition coefficient (Wildman–Crippen LogP) is 3.43. The fourth-order valence-corrected chi connectivity index (χ4v) is 3.33. The molecular formula is C22H26N8O. The van der Waals surface area contributed by atoms with Gasteiger partial charge in [-0.1, -0.05) is 44.2 Å². The Balaban J connectivity index is 1.72. The number of fused-ring (bicyclic) bond motifs is 1. The third-order valence-corrected chi connectivity index (χ3v) is 4.85. The standard InChI is InChI=1S/C22H26N8O/c1-3-14-29-20-18(26-22(29)30-15-8-12-24-30)19(25-17(31)4-2)27-21(28-20)23-13-11-16-9-6-5-7-10-16/h5-10,12,15H,3-4,11,13-14H2,1-2H3,(H2,23,25,27,28,31). The second kappa shape index (κ2) is 9.38. The number of amides is 1. The summed E-state index contributed by atoms with van der Waals surface area (Å²) >= 11 is 0. The monoisotopic (exact) mass is 418 g/mol. The molecule has 160 valence electrons. The third-order valence-electron chi connectivity index (χ3n) is 4.85. The molecule has 0 atom stereocenters. The van der Waals surface area contributed by atoms with E-state index in [0.29, 0.717) is 48.4 Å². The van der Waals surface area contributed by atoms with E-state index in [0.717, 1.165) is 12.8 Å². The summed E-state index contributed by atoms with van der Waals surface area (Å²) in [6, 6.07) is 12.1. The molecule has 0 aliphatic heterocycles. The number of anilines is 2. The van der Waals surface area contributed by atoms with Crippen LogP contribution in [0.4, 0.5) is 11.8 Å². The highest BCUT2D eigenvalue weighted by atomic mass is 16.1. The Labute approximate surface area is 180 Å². The SMILES string of the molecule is CCCn1c(-n2cccn2)nc2c(NC(=O)CC)nc(NCCc3ccccc3)nc21. The molecule has 1 amide bonds. The Morgan fingerprint density at radius 2 is 1.90 bits per heavy atom. The Kier molecular flexibility index (Phi) is 6.21. The zero-order valence-corrected chi connectivity index (χ0v) is 17.7. The van der Waals surface area contributed by atoms with Gasteiger partial charge in [-0.25, -0.2) is 9.67 Å². The van der Waals surface area contributed by atoms with Crippen LogP contribution in [0.3, 0.4) is 0 Å². The van der Waals surface area contributed by atoms with E-state index in [1.165, 1.54) is 5.56 Å². The highest BCUT2D eigenvalue weighted by Gasteiger charge is 2.20. The number of aryl methyl sites for hydroxylation is 1. The van der Waals surface area contributed by atoms with Gasteiger partial charge >= 0.3 is 0 Å². The van der Waals surface area contributed by atoms with Gasteiger partial charge in [-0.15, -0.1) is 0 Å². The molecule has 9 heteroatoms. The van der Waals surface area contributed by atoms with Gasteiger partial charge in [0.05, 0.1) is 0 Å². The number of hydrogen-bond acceptors (Lipinski definition) is 6. The van der Waals surface area contributed by atoms with Crippen LogP contribution in [0.15, 0.2) is 48.8 Å². The van der Waals surface area contributed by atoms with Gasteiger partial charge in [-0.3, -0.25) is 9.36 Å². The van der Waals surface area contributed by atoms with Crippen LogP contribution in [0.2, 0.25) is 0 Å². The normalized spacial score (nSPS) is 11.0. The van der Waals surface area contributed by atoms with Crippen molar-refractivity contribution >= 4 is 28.8 Å². The van der Waals surface area contributed by atoms with Crippen LogP contribution in [0.5, 0.6) is 0 Å². The Bertz CT molecular complexity index is 1150. The van der Waals surface area contributed by atoms with E-state index in [1.807, 2.05) is 35.0 Å². The molecular weight excluding hydrogens is 392 g/mol. The zero-order chi connectivity index (χ0) is 21.6. The Hall–Kier alpha value is -3.75. The molecule has 4 aromatic rings. The van der Waals surface area contributed by atoms with Crippen molar-refractivity contribution in [2.45, 2.75) is 39.7 Å². The first-order chi connectivity index (χ1) is 15.2. The second-order valence-electron chi connectivity index (χ2n) is 7.15. The zero-order valence-electron chi connectivity index (χ0n) is 17.7.